The maximum Gasteiger partial charge on any atom is 0.335 e. The summed E-state index contributed by atoms with van der Waals surface area (Å²) in [6.07, 6.45) is 0.0341. The molecule has 2 aromatic rings. The van der Waals surface area contributed by atoms with E-state index in [-0.39, 0.29) is 12.2 Å². The first-order chi connectivity index (χ1) is 15.0. The number of nitrogens with zero attached hydrogens (tertiary/aromatic N) is 2. The molecular formula is C22H20FN3O4S. The average molecular weight is 441 g/mol. The van der Waals surface area contributed by atoms with Gasteiger partial charge in [-0.15, -0.1) is 0 Å². The summed E-state index contributed by atoms with van der Waals surface area (Å²) in [7, 11) is 1.52. The van der Waals surface area contributed by atoms with Gasteiger partial charge in [-0.05, 0) is 42.3 Å². The second kappa shape index (κ2) is 7.26. The third-order valence-electron chi connectivity index (χ3n) is 6.27. The van der Waals surface area contributed by atoms with Crippen molar-refractivity contribution in [2.24, 2.45) is 5.41 Å². The smallest absolute Gasteiger partial charge is 0.335 e. The highest BCUT2D eigenvalue weighted by Crippen LogP contribution is 2.48. The molecule has 2 atom stereocenters. The molecule has 3 aliphatic heterocycles. The Labute approximate surface area is 182 Å². The van der Waals surface area contributed by atoms with Crippen LogP contribution >= 0.6 is 11.8 Å². The molecule has 5 rings (SSSR count). The molecule has 0 saturated carbocycles. The Morgan fingerprint density at radius 1 is 1.16 bits per heavy atom. The summed E-state index contributed by atoms with van der Waals surface area (Å²) < 4.78 is 19.9. The standard InChI is InChI=1S/C22H20FN3O4S/c1-30-15-7-5-14(6-8-15)26-20(28)22(19(27)24-21(26)29)11-13-3-2-4-16(23)18(13)25-9-10-31-12-17(22)25/h2-8,17H,9-12H2,1H3,(H,24,27,29). The molecule has 2 unspecified atom stereocenters. The molecule has 4 amide bonds. The van der Waals surface area contributed by atoms with Gasteiger partial charge in [-0.3, -0.25) is 14.9 Å². The molecule has 0 bridgehead atoms. The number of urea groups is 1. The van der Waals surface area contributed by atoms with Crippen LogP contribution in [-0.4, -0.2) is 49.0 Å². The van der Waals surface area contributed by atoms with Crippen molar-refractivity contribution in [1.29, 1.82) is 0 Å². The molecule has 9 heteroatoms. The first-order valence-corrected chi connectivity index (χ1v) is 11.1. The topological polar surface area (TPSA) is 79.0 Å². The fraction of sp³-hybridized carbons (Fsp3) is 0.318. The fourth-order valence-electron chi connectivity index (χ4n) is 4.79. The number of anilines is 2. The largest absolute Gasteiger partial charge is 0.497 e. The SMILES string of the molecule is COc1ccc(N2C(=O)NC(=O)C3(Cc4cccc(F)c4N4CCSCC43)C2=O)cc1. The summed E-state index contributed by atoms with van der Waals surface area (Å²) >= 11 is 1.62. The van der Waals surface area contributed by atoms with Crippen LogP contribution in [0.5, 0.6) is 5.75 Å². The van der Waals surface area contributed by atoms with E-state index in [1.807, 2.05) is 4.90 Å². The molecule has 31 heavy (non-hydrogen) atoms. The third kappa shape index (κ3) is 2.83. The Morgan fingerprint density at radius 3 is 2.68 bits per heavy atom. The van der Waals surface area contributed by atoms with Crippen LogP contribution < -0.4 is 19.9 Å². The zero-order valence-electron chi connectivity index (χ0n) is 16.8. The van der Waals surface area contributed by atoms with Crippen molar-refractivity contribution in [1.82, 2.24) is 5.32 Å². The number of para-hydroxylation sites is 1. The average Bonchev–Trinajstić information content (AvgIpc) is 2.78. The number of imide groups is 2. The van der Waals surface area contributed by atoms with Crippen LogP contribution in [0.4, 0.5) is 20.6 Å². The molecule has 160 valence electrons. The molecule has 0 aromatic heterocycles. The maximum absolute atomic E-state index is 14.8. The van der Waals surface area contributed by atoms with Gasteiger partial charge in [0, 0.05) is 18.1 Å². The first kappa shape index (κ1) is 19.9. The molecule has 2 saturated heterocycles. The minimum atomic E-state index is -1.53. The number of methoxy groups -OCH3 is 1. The number of rotatable bonds is 2. The number of carbonyl (C=O) groups excluding carboxylic acids is 3. The van der Waals surface area contributed by atoms with Crippen LogP contribution in [0.15, 0.2) is 42.5 Å². The quantitative estimate of drug-likeness (QED) is 0.722. The van der Waals surface area contributed by atoms with E-state index in [9.17, 15) is 18.8 Å². The van der Waals surface area contributed by atoms with Crippen LogP contribution in [0.25, 0.3) is 0 Å². The Balaban J connectivity index is 1.64. The van der Waals surface area contributed by atoms with E-state index < -0.39 is 29.3 Å². The molecule has 7 nitrogen and oxygen atoms in total. The monoisotopic (exact) mass is 441 g/mol. The lowest BCUT2D eigenvalue weighted by atomic mass is 9.68. The Kier molecular flexibility index (Phi) is 4.65. The van der Waals surface area contributed by atoms with Gasteiger partial charge in [-0.2, -0.15) is 11.8 Å². The van der Waals surface area contributed by atoms with Crippen molar-refractivity contribution < 1.29 is 23.5 Å². The number of benzene rings is 2. The van der Waals surface area contributed by atoms with Gasteiger partial charge in [0.25, 0.3) is 5.91 Å². The first-order valence-electron chi connectivity index (χ1n) is 9.93. The van der Waals surface area contributed by atoms with Crippen molar-refractivity contribution in [3.8, 4) is 5.75 Å². The van der Waals surface area contributed by atoms with Crippen LogP contribution in [-0.2, 0) is 16.0 Å². The lowest BCUT2D eigenvalue weighted by Crippen LogP contribution is -2.73. The number of fused-ring (bicyclic) bond motifs is 4. The molecular weight excluding hydrogens is 421 g/mol. The Hall–Kier alpha value is -3.07. The van der Waals surface area contributed by atoms with Crippen molar-refractivity contribution in [3.63, 3.8) is 0 Å². The normalized spacial score (nSPS) is 25.2. The van der Waals surface area contributed by atoms with Gasteiger partial charge in [-0.25, -0.2) is 14.1 Å². The van der Waals surface area contributed by atoms with Gasteiger partial charge >= 0.3 is 6.03 Å². The molecule has 2 fully saturated rings. The van der Waals surface area contributed by atoms with Crippen molar-refractivity contribution in [2.75, 3.05) is 35.0 Å². The summed E-state index contributed by atoms with van der Waals surface area (Å²) in [4.78, 5) is 42.8. The minimum absolute atomic E-state index is 0.0341. The van der Waals surface area contributed by atoms with Crippen molar-refractivity contribution >= 4 is 41.0 Å². The molecule has 3 aliphatic rings. The van der Waals surface area contributed by atoms with E-state index in [1.165, 1.54) is 13.2 Å². The zero-order chi connectivity index (χ0) is 21.8. The van der Waals surface area contributed by atoms with E-state index in [0.29, 0.717) is 35.0 Å². The number of amides is 4. The van der Waals surface area contributed by atoms with Gasteiger partial charge in [0.1, 0.15) is 11.6 Å². The molecule has 0 radical (unpaired) electrons. The summed E-state index contributed by atoms with van der Waals surface area (Å²) in [6, 6.07) is 9.87. The maximum atomic E-state index is 14.8. The number of halogens is 1. The second-order valence-corrected chi connectivity index (χ2v) is 8.93. The van der Waals surface area contributed by atoms with Crippen LogP contribution in [0.1, 0.15) is 5.56 Å². The second-order valence-electron chi connectivity index (χ2n) is 7.78. The summed E-state index contributed by atoms with van der Waals surface area (Å²) in [5.74, 6) is 0.250. The molecule has 3 heterocycles. The van der Waals surface area contributed by atoms with Gasteiger partial charge in [-0.1, -0.05) is 12.1 Å². The molecule has 1 N–H and O–H groups in total. The van der Waals surface area contributed by atoms with Gasteiger partial charge in [0.2, 0.25) is 5.91 Å². The van der Waals surface area contributed by atoms with E-state index in [1.54, 1.807) is 48.2 Å². The van der Waals surface area contributed by atoms with Gasteiger partial charge < -0.3 is 9.64 Å². The number of nitrogens with one attached hydrogen (secondary N) is 1. The predicted molar refractivity (Wildman–Crippen MR) is 115 cm³/mol. The summed E-state index contributed by atoms with van der Waals surface area (Å²) in [6.45, 7) is 0.516. The highest BCUT2D eigenvalue weighted by Gasteiger charge is 2.62. The number of ether oxygens (including phenoxy) is 1. The van der Waals surface area contributed by atoms with Crippen molar-refractivity contribution in [3.05, 3.63) is 53.8 Å². The lowest BCUT2D eigenvalue weighted by molar-refractivity contribution is -0.144. The van der Waals surface area contributed by atoms with Gasteiger partial charge in [0.15, 0.2) is 5.41 Å². The number of barbiturate groups is 1. The number of thioether (sulfide) groups is 1. The minimum Gasteiger partial charge on any atom is -0.497 e. The van der Waals surface area contributed by atoms with Crippen LogP contribution in [0.3, 0.4) is 0 Å². The summed E-state index contributed by atoms with van der Waals surface area (Å²) in [5.41, 5.74) is -0.139. The molecule has 2 aromatic carbocycles. The van der Waals surface area contributed by atoms with E-state index >= 15 is 0 Å². The zero-order valence-corrected chi connectivity index (χ0v) is 17.6. The molecule has 1 spiro atoms. The highest BCUT2D eigenvalue weighted by molar-refractivity contribution is 7.99. The lowest BCUT2D eigenvalue weighted by Gasteiger charge is -2.53. The summed E-state index contributed by atoms with van der Waals surface area (Å²) in [5, 5.41) is 2.39. The third-order valence-corrected chi connectivity index (χ3v) is 7.29. The van der Waals surface area contributed by atoms with Gasteiger partial charge in [0.05, 0.1) is 24.5 Å². The predicted octanol–water partition coefficient (Wildman–Crippen LogP) is 2.58. The molecule has 0 aliphatic carbocycles. The Bertz CT molecular complexity index is 1090. The van der Waals surface area contributed by atoms with Crippen molar-refractivity contribution in [2.45, 2.75) is 12.5 Å². The number of hydrogen-bond donors (Lipinski definition) is 1. The van der Waals surface area contributed by atoms with E-state index in [4.69, 9.17) is 4.74 Å². The fourth-order valence-corrected chi connectivity index (χ4v) is 5.97. The van der Waals surface area contributed by atoms with Crippen LogP contribution in [0, 0.1) is 11.2 Å². The van der Waals surface area contributed by atoms with E-state index in [0.717, 1.165) is 10.7 Å². The highest BCUT2D eigenvalue weighted by atomic mass is 32.2. The number of hydrogen-bond acceptors (Lipinski definition) is 6. The van der Waals surface area contributed by atoms with E-state index in [2.05, 4.69) is 5.32 Å². The Morgan fingerprint density at radius 2 is 1.94 bits per heavy atom. The van der Waals surface area contributed by atoms with Crippen LogP contribution in [0.2, 0.25) is 0 Å². The number of carbonyl (C=O) groups is 3.